The molecular formula is C12H17N5O7S. The second-order valence-electron chi connectivity index (χ2n) is 5.70. The molecule has 0 amide bonds. The van der Waals surface area contributed by atoms with E-state index in [9.17, 15) is 23.7 Å². The highest BCUT2D eigenvalue weighted by molar-refractivity contribution is 7.85. The zero-order chi connectivity index (χ0) is 18.4. The third-order valence-electron chi connectivity index (χ3n) is 4.19. The van der Waals surface area contributed by atoms with Crippen LogP contribution in [0.1, 0.15) is 6.42 Å². The summed E-state index contributed by atoms with van der Waals surface area (Å²) in [5.74, 6) is -0.713. The van der Waals surface area contributed by atoms with Gasteiger partial charge in [0.1, 0.15) is 30.2 Å². The highest BCUT2D eigenvalue weighted by atomic mass is 32.2. The summed E-state index contributed by atoms with van der Waals surface area (Å²) in [6.45, 7) is -0.615. The van der Waals surface area contributed by atoms with E-state index in [0.29, 0.717) is 0 Å². The van der Waals surface area contributed by atoms with E-state index in [-0.39, 0.29) is 17.0 Å². The van der Waals surface area contributed by atoms with Crippen molar-refractivity contribution >= 4 is 27.1 Å². The van der Waals surface area contributed by atoms with Crippen molar-refractivity contribution in [2.75, 3.05) is 18.1 Å². The largest absolute Gasteiger partial charge is 0.394 e. The minimum Gasteiger partial charge on any atom is -0.394 e. The maximum atomic E-state index is 11.2. The third-order valence-corrected chi connectivity index (χ3v) is 4.91. The number of nitrogens with two attached hydrogens (primary N) is 1. The van der Waals surface area contributed by atoms with E-state index in [2.05, 4.69) is 15.0 Å². The van der Waals surface area contributed by atoms with Gasteiger partial charge in [-0.15, -0.1) is 0 Å². The van der Waals surface area contributed by atoms with Crippen molar-refractivity contribution in [1.29, 1.82) is 0 Å². The Morgan fingerprint density at radius 3 is 2.64 bits per heavy atom. The standard InChI is InChI=1S/C12H17N5O7S/c13-10-7-11(15-4-14-10)17(5-16-7)12(1-2-25(21,22)23)9(20)8(19)6(3-18)24-12/h4-6,8-9,18-20H,1-3H2,(H2,13,14,15)(H,21,22,23)/t6-,8-,9-,12-/m1/s1. The molecule has 3 rings (SSSR count). The smallest absolute Gasteiger partial charge is 0.265 e. The van der Waals surface area contributed by atoms with Crippen LogP contribution in [0.3, 0.4) is 0 Å². The number of aromatic nitrogens is 4. The van der Waals surface area contributed by atoms with Gasteiger partial charge in [0, 0.05) is 6.42 Å². The highest BCUT2D eigenvalue weighted by Gasteiger charge is 2.56. The molecule has 1 fully saturated rings. The van der Waals surface area contributed by atoms with Gasteiger partial charge in [0.25, 0.3) is 10.1 Å². The van der Waals surface area contributed by atoms with E-state index in [4.69, 9.17) is 15.0 Å². The SMILES string of the molecule is Nc1ncnc2c1ncn2[C@]1(CCS(=O)(=O)O)O[C@H](CO)[C@@H](O)[C@H]1O. The number of hydrogen-bond donors (Lipinski definition) is 5. The Kier molecular flexibility index (Phi) is 4.38. The molecule has 12 nitrogen and oxygen atoms in total. The molecule has 3 heterocycles. The summed E-state index contributed by atoms with van der Waals surface area (Å²) in [4.78, 5) is 11.8. The van der Waals surface area contributed by atoms with Crippen LogP contribution in [0.5, 0.6) is 0 Å². The van der Waals surface area contributed by atoms with Gasteiger partial charge in [-0.05, 0) is 0 Å². The molecule has 25 heavy (non-hydrogen) atoms. The number of nitrogens with zero attached hydrogens (tertiary/aromatic N) is 4. The molecule has 0 saturated carbocycles. The van der Waals surface area contributed by atoms with Crippen molar-refractivity contribution in [3.05, 3.63) is 12.7 Å². The Morgan fingerprint density at radius 2 is 2.04 bits per heavy atom. The Bertz CT molecular complexity index is 887. The molecule has 4 atom stereocenters. The number of aliphatic hydroxyl groups excluding tert-OH is 3. The van der Waals surface area contributed by atoms with Gasteiger partial charge in [-0.2, -0.15) is 8.42 Å². The third kappa shape index (κ3) is 2.94. The van der Waals surface area contributed by atoms with Crippen LogP contribution in [0.4, 0.5) is 5.82 Å². The first-order valence-corrected chi connectivity index (χ1v) is 8.84. The van der Waals surface area contributed by atoms with Crippen LogP contribution in [0.15, 0.2) is 12.7 Å². The maximum Gasteiger partial charge on any atom is 0.265 e. The fourth-order valence-electron chi connectivity index (χ4n) is 2.95. The van der Waals surface area contributed by atoms with Crippen molar-refractivity contribution in [2.45, 2.75) is 30.5 Å². The number of imidazole rings is 1. The van der Waals surface area contributed by atoms with E-state index in [0.717, 1.165) is 6.33 Å². The number of ether oxygens (including phenoxy) is 1. The molecule has 1 aliphatic heterocycles. The lowest BCUT2D eigenvalue weighted by atomic mass is 10.00. The van der Waals surface area contributed by atoms with Gasteiger partial charge >= 0.3 is 0 Å². The average Bonchev–Trinajstić information content (AvgIpc) is 3.08. The zero-order valence-electron chi connectivity index (χ0n) is 12.8. The molecule has 1 aliphatic rings. The van der Waals surface area contributed by atoms with Crippen molar-refractivity contribution < 1.29 is 33.0 Å². The molecule has 13 heteroatoms. The second-order valence-corrected chi connectivity index (χ2v) is 7.27. The van der Waals surface area contributed by atoms with Crippen molar-refractivity contribution in [3.63, 3.8) is 0 Å². The number of nitrogen functional groups attached to an aromatic ring is 1. The fraction of sp³-hybridized carbons (Fsp3) is 0.583. The number of hydrogen-bond acceptors (Lipinski definition) is 10. The lowest BCUT2D eigenvalue weighted by Gasteiger charge is -2.33. The molecular weight excluding hydrogens is 358 g/mol. The summed E-state index contributed by atoms with van der Waals surface area (Å²) in [5, 5.41) is 30.0. The average molecular weight is 375 g/mol. The summed E-state index contributed by atoms with van der Waals surface area (Å²) < 4.78 is 38.3. The Hall–Kier alpha value is -1.90. The van der Waals surface area contributed by atoms with E-state index >= 15 is 0 Å². The maximum absolute atomic E-state index is 11.2. The van der Waals surface area contributed by atoms with E-state index in [1.165, 1.54) is 10.9 Å². The summed E-state index contributed by atoms with van der Waals surface area (Å²) in [6.07, 6.45) is -2.38. The molecule has 0 radical (unpaired) electrons. The Balaban J connectivity index is 2.15. The lowest BCUT2D eigenvalue weighted by molar-refractivity contribution is -0.147. The Morgan fingerprint density at radius 1 is 1.32 bits per heavy atom. The van der Waals surface area contributed by atoms with Gasteiger partial charge < -0.3 is 25.8 Å². The van der Waals surface area contributed by atoms with E-state index < -0.39 is 52.9 Å². The van der Waals surface area contributed by atoms with Gasteiger partial charge in [0.2, 0.25) is 0 Å². The van der Waals surface area contributed by atoms with E-state index in [1.54, 1.807) is 0 Å². The monoisotopic (exact) mass is 375 g/mol. The first-order chi connectivity index (χ1) is 11.7. The van der Waals surface area contributed by atoms with E-state index in [1.807, 2.05) is 0 Å². The normalized spacial score (nSPS) is 30.2. The predicted octanol–water partition coefficient (Wildman–Crippen LogP) is -2.55. The number of anilines is 1. The predicted molar refractivity (Wildman–Crippen MR) is 82.7 cm³/mol. The molecule has 6 N–H and O–H groups in total. The van der Waals surface area contributed by atoms with Crippen LogP contribution in [0.25, 0.3) is 11.2 Å². The molecule has 0 spiro atoms. The van der Waals surface area contributed by atoms with Crippen molar-refractivity contribution in [1.82, 2.24) is 19.5 Å². The first-order valence-electron chi connectivity index (χ1n) is 7.23. The molecule has 1 saturated heterocycles. The van der Waals surface area contributed by atoms with Gasteiger partial charge in [-0.3, -0.25) is 9.12 Å². The minimum absolute atomic E-state index is 0.0559. The molecule has 138 valence electrons. The molecule has 0 aliphatic carbocycles. The van der Waals surface area contributed by atoms with Crippen LogP contribution in [0, 0.1) is 0 Å². The van der Waals surface area contributed by atoms with Gasteiger partial charge in [-0.1, -0.05) is 0 Å². The minimum atomic E-state index is -4.39. The van der Waals surface area contributed by atoms with Crippen molar-refractivity contribution in [2.24, 2.45) is 0 Å². The molecule has 0 bridgehead atoms. The van der Waals surface area contributed by atoms with Crippen LogP contribution < -0.4 is 5.73 Å². The molecule has 2 aromatic rings. The van der Waals surface area contributed by atoms with Crippen LogP contribution in [-0.4, -0.2) is 78.5 Å². The summed E-state index contributed by atoms with van der Waals surface area (Å²) in [7, 11) is -4.39. The molecule has 0 unspecified atom stereocenters. The first kappa shape index (κ1) is 17.9. The fourth-order valence-corrected chi connectivity index (χ4v) is 3.50. The number of rotatable bonds is 5. The molecule has 0 aromatic carbocycles. The van der Waals surface area contributed by atoms with Gasteiger partial charge in [0.15, 0.2) is 17.2 Å². The lowest BCUT2D eigenvalue weighted by Crippen LogP contribution is -2.46. The second kappa shape index (κ2) is 6.12. The van der Waals surface area contributed by atoms with Crippen LogP contribution >= 0.6 is 0 Å². The van der Waals surface area contributed by atoms with Crippen LogP contribution in [0.2, 0.25) is 0 Å². The topological polar surface area (TPSA) is 194 Å². The highest BCUT2D eigenvalue weighted by Crippen LogP contribution is 2.40. The summed E-state index contributed by atoms with van der Waals surface area (Å²) in [5.41, 5.74) is 4.20. The van der Waals surface area contributed by atoms with Crippen molar-refractivity contribution in [3.8, 4) is 0 Å². The summed E-state index contributed by atoms with van der Waals surface area (Å²) in [6, 6.07) is 0. The van der Waals surface area contributed by atoms with Gasteiger partial charge in [0.05, 0.1) is 18.7 Å². The van der Waals surface area contributed by atoms with Crippen LogP contribution in [-0.2, 0) is 20.6 Å². The number of aliphatic hydroxyl groups is 3. The number of fused-ring (bicyclic) bond motifs is 1. The Labute approximate surface area is 141 Å². The molecule has 2 aromatic heterocycles. The summed E-state index contributed by atoms with van der Waals surface area (Å²) >= 11 is 0. The van der Waals surface area contributed by atoms with Gasteiger partial charge in [-0.25, -0.2) is 15.0 Å². The zero-order valence-corrected chi connectivity index (χ0v) is 13.6. The quantitative estimate of drug-likeness (QED) is 0.345.